The molecule has 2 atom stereocenters. The van der Waals surface area contributed by atoms with Crippen molar-refractivity contribution in [2.45, 2.75) is 454 Å². The molecule has 2 unspecified atom stereocenters. The molecule has 0 amide bonds. The summed E-state index contributed by atoms with van der Waals surface area (Å²) in [5.41, 5.74) is 0. The van der Waals surface area contributed by atoms with E-state index in [1.807, 2.05) is 0 Å². The topological polar surface area (TPSA) is 22.2 Å². The fourth-order valence-corrected chi connectivity index (χ4v) is 14.7. The van der Waals surface area contributed by atoms with Gasteiger partial charge in [0.1, 0.15) is 0 Å². The molecular weight excluding hydrogens is 1030 g/mol. The molecule has 0 aromatic heterocycles. The lowest BCUT2D eigenvalue weighted by Gasteiger charge is -2.63. The zero-order chi connectivity index (χ0) is 62.4. The zero-order valence-electron chi connectivity index (χ0n) is 61.6. The van der Waals surface area contributed by atoms with Crippen molar-refractivity contribution in [2.75, 3.05) is 52.4 Å². The molecule has 0 heterocycles. The molecule has 512 valence electrons. The zero-order valence-corrected chi connectivity index (χ0v) is 61.6. The third kappa shape index (κ3) is 40.4. The molecule has 0 aliphatic heterocycles. The van der Waals surface area contributed by atoms with Crippen molar-refractivity contribution in [1.82, 2.24) is 19.6 Å². The summed E-state index contributed by atoms with van der Waals surface area (Å²) in [6.45, 7) is 38.9. The fraction of sp³-hybridized carbons (Fsp3) is 1.00. The number of hydrogen-bond acceptors (Lipinski definition) is 5. The van der Waals surface area contributed by atoms with E-state index in [0.717, 1.165) is 0 Å². The first kappa shape index (κ1) is 84.8. The van der Waals surface area contributed by atoms with Gasteiger partial charge in [0.05, 0.1) is 0 Å². The molecule has 0 aliphatic rings. The summed E-state index contributed by atoms with van der Waals surface area (Å²) in [4.78, 5) is 12.9. The van der Waals surface area contributed by atoms with Crippen LogP contribution < -0.4 is 0 Å². The predicted molar refractivity (Wildman–Crippen MR) is 386 cm³/mol. The molecule has 0 saturated heterocycles. The Hall–Kier alpha value is -0.200. The molecule has 0 radical (unpaired) electrons. The molecule has 0 fully saturated rings. The monoisotopic (exact) mass is 1200 g/mol. The number of rotatable bonds is 72. The molecule has 5 heteroatoms. The molecule has 0 spiro atoms. The Morgan fingerprint density at radius 1 is 0.188 bits per heavy atom. The maximum atomic E-state index is 9.84. The van der Waals surface area contributed by atoms with Gasteiger partial charge in [0.2, 0.25) is 0 Å². The van der Waals surface area contributed by atoms with Crippen LogP contribution in [0.3, 0.4) is 0 Å². The normalized spacial score (nSPS) is 13.3. The van der Waals surface area contributed by atoms with Gasteiger partial charge < -0.3 is 4.74 Å². The lowest BCUT2D eigenvalue weighted by molar-refractivity contribution is -0.407. The highest BCUT2D eigenvalue weighted by atomic mass is 16.6. The van der Waals surface area contributed by atoms with Gasteiger partial charge in [0.25, 0.3) is 0 Å². The minimum Gasteiger partial charge on any atom is -0.311 e. The van der Waals surface area contributed by atoms with Gasteiger partial charge in [-0.3, -0.25) is 19.6 Å². The summed E-state index contributed by atoms with van der Waals surface area (Å²) in [7, 11) is 0. The lowest BCUT2D eigenvalue weighted by atomic mass is 9.86. The molecule has 0 N–H and O–H groups in total. The molecule has 0 bridgehead atoms. The maximum Gasteiger partial charge on any atom is 0.186 e. The van der Waals surface area contributed by atoms with Crippen molar-refractivity contribution in [3.63, 3.8) is 0 Å². The van der Waals surface area contributed by atoms with Gasteiger partial charge in [-0.05, 0) is 77.0 Å². The number of nitrogens with zero attached hydrogens (tertiary/aromatic N) is 4. The summed E-state index contributed by atoms with van der Waals surface area (Å²) < 4.78 is 9.84. The molecular formula is C80H166N4O. The Morgan fingerprint density at radius 2 is 0.329 bits per heavy atom. The van der Waals surface area contributed by atoms with Gasteiger partial charge in [-0.25, -0.2) is 0 Å². The van der Waals surface area contributed by atoms with Crippen molar-refractivity contribution in [2.24, 2.45) is 11.8 Å². The second kappa shape index (κ2) is 63.9. The lowest BCUT2D eigenvalue weighted by Crippen LogP contribution is -2.76. The Labute approximate surface area is 540 Å². The molecule has 0 rings (SSSR count). The number of ether oxygens (including phenoxy) is 1. The Bertz CT molecular complexity index is 1050. The fourth-order valence-electron chi connectivity index (χ4n) is 14.7. The minimum absolute atomic E-state index is 0.436. The van der Waals surface area contributed by atoms with Crippen LogP contribution in [0.5, 0.6) is 0 Å². The SMILES string of the molecule is CCCCCCCCN(CCCCCCCC)C(OC(C(CC)CCCC)(N(CCCCCCCC)CCCCCCCC)N(CCCCCCCC)CCCCCCCC)(C(CC)CCCC)N(CCCCCCCC)CCCCCCCC. The van der Waals surface area contributed by atoms with E-state index in [4.69, 9.17) is 0 Å². The van der Waals surface area contributed by atoms with Crippen molar-refractivity contribution in [1.29, 1.82) is 0 Å². The van der Waals surface area contributed by atoms with Crippen LogP contribution in [0, 0.1) is 11.8 Å². The standard InChI is InChI=1S/C80H166N4O/c1-13-25-35-43-51-59-69-81(70-60-52-44-36-26-14-2)79(77(23-11)67-33-21-9,82(71-61-53-45-37-27-15-3)72-62-54-46-38-28-16-4)85-80(78(24-12)68-34-22-10,83(73-63-55-47-39-29-17-5)74-64-56-48-40-30-18-6)84(75-65-57-49-41-31-19-7)76-66-58-50-42-32-20-8/h77-78H,13-76H2,1-12H3. The summed E-state index contributed by atoms with van der Waals surface area (Å²) in [5, 5.41) is 0. The molecule has 0 aromatic carbocycles. The summed E-state index contributed by atoms with van der Waals surface area (Å²) in [6, 6.07) is 0. The Balaban J connectivity index is 9.67. The largest absolute Gasteiger partial charge is 0.311 e. The van der Waals surface area contributed by atoms with Crippen molar-refractivity contribution in [3.05, 3.63) is 0 Å². The van der Waals surface area contributed by atoms with Crippen molar-refractivity contribution in [3.8, 4) is 0 Å². The summed E-state index contributed by atoms with van der Waals surface area (Å²) in [5.74, 6) is -0.120. The second-order valence-electron chi connectivity index (χ2n) is 28.0. The van der Waals surface area contributed by atoms with Gasteiger partial charge in [-0.2, -0.15) is 0 Å². The van der Waals surface area contributed by atoms with Crippen LogP contribution in [0.25, 0.3) is 0 Å². The van der Waals surface area contributed by atoms with E-state index in [1.165, 1.54) is 412 Å². The Kier molecular flexibility index (Phi) is 63.8. The van der Waals surface area contributed by atoms with E-state index in [-0.39, 0.29) is 0 Å². The molecule has 85 heavy (non-hydrogen) atoms. The minimum atomic E-state index is -0.496. The highest BCUT2D eigenvalue weighted by Gasteiger charge is 2.59. The van der Waals surface area contributed by atoms with Crippen LogP contribution in [0.1, 0.15) is 443 Å². The smallest absolute Gasteiger partial charge is 0.186 e. The third-order valence-corrected chi connectivity index (χ3v) is 20.2. The van der Waals surface area contributed by atoms with Crippen LogP contribution >= 0.6 is 0 Å². The molecule has 5 nitrogen and oxygen atoms in total. The van der Waals surface area contributed by atoms with Crippen molar-refractivity contribution < 1.29 is 4.74 Å². The van der Waals surface area contributed by atoms with Gasteiger partial charge in [0, 0.05) is 64.2 Å². The van der Waals surface area contributed by atoms with E-state index >= 15 is 0 Å². The first-order chi connectivity index (χ1) is 41.8. The van der Waals surface area contributed by atoms with Gasteiger partial charge in [-0.1, -0.05) is 366 Å². The molecule has 0 aliphatic carbocycles. The van der Waals surface area contributed by atoms with E-state index in [0.29, 0.717) is 11.8 Å². The number of hydrogen-bond donors (Lipinski definition) is 0. The van der Waals surface area contributed by atoms with E-state index in [2.05, 4.69) is 103 Å². The predicted octanol–water partition coefficient (Wildman–Crippen LogP) is 26.8. The molecule has 0 aromatic rings. The average Bonchev–Trinajstić information content (AvgIpc) is 1.75. The van der Waals surface area contributed by atoms with E-state index < -0.39 is 11.7 Å². The Morgan fingerprint density at radius 3 is 0.471 bits per heavy atom. The van der Waals surface area contributed by atoms with Crippen LogP contribution in [0.2, 0.25) is 0 Å². The van der Waals surface area contributed by atoms with Gasteiger partial charge in [0.15, 0.2) is 11.7 Å². The van der Waals surface area contributed by atoms with Crippen LogP contribution in [-0.4, -0.2) is 83.7 Å². The first-order valence-corrected chi connectivity index (χ1v) is 40.5. The third-order valence-electron chi connectivity index (χ3n) is 20.2. The average molecular weight is 1200 g/mol. The second-order valence-corrected chi connectivity index (χ2v) is 28.0. The quantitative estimate of drug-likeness (QED) is 0.0446. The first-order valence-electron chi connectivity index (χ1n) is 40.5. The summed E-state index contributed by atoms with van der Waals surface area (Å²) >= 11 is 0. The highest BCUT2D eigenvalue weighted by molar-refractivity contribution is 4.98. The van der Waals surface area contributed by atoms with Gasteiger partial charge in [-0.15, -0.1) is 0 Å². The van der Waals surface area contributed by atoms with Crippen LogP contribution in [-0.2, 0) is 4.74 Å². The molecule has 0 saturated carbocycles. The van der Waals surface area contributed by atoms with Crippen LogP contribution in [0.15, 0.2) is 0 Å². The van der Waals surface area contributed by atoms with Crippen LogP contribution in [0.4, 0.5) is 0 Å². The van der Waals surface area contributed by atoms with E-state index in [1.54, 1.807) is 0 Å². The van der Waals surface area contributed by atoms with Crippen molar-refractivity contribution >= 4 is 0 Å². The maximum absolute atomic E-state index is 9.84. The number of unbranched alkanes of at least 4 members (excludes halogenated alkanes) is 42. The highest BCUT2D eigenvalue weighted by Crippen LogP contribution is 2.48. The van der Waals surface area contributed by atoms with Gasteiger partial charge >= 0.3 is 0 Å². The van der Waals surface area contributed by atoms with E-state index in [9.17, 15) is 4.74 Å². The summed E-state index contributed by atoms with van der Waals surface area (Å²) in [6.07, 6.45) is 75.1.